The molecule has 0 radical (unpaired) electrons. The van der Waals surface area contributed by atoms with Crippen molar-refractivity contribution in [2.45, 2.75) is 32.7 Å². The number of anilines is 1. The van der Waals surface area contributed by atoms with Crippen LogP contribution in [0.25, 0.3) is 0 Å². The maximum Gasteiger partial charge on any atom is 0.125 e. The predicted molar refractivity (Wildman–Crippen MR) is 63.5 cm³/mol. The molecule has 16 heavy (non-hydrogen) atoms. The molecule has 2 nitrogen and oxygen atoms in total. The Balaban J connectivity index is 2.67. The molecule has 1 aromatic rings. The van der Waals surface area contributed by atoms with Crippen LogP contribution in [-0.4, -0.2) is 6.04 Å². The van der Waals surface area contributed by atoms with Crippen LogP contribution in [0.1, 0.15) is 26.7 Å². The van der Waals surface area contributed by atoms with E-state index >= 15 is 0 Å². The van der Waals surface area contributed by atoms with Crippen molar-refractivity contribution < 1.29 is 4.39 Å². The lowest BCUT2D eigenvalue weighted by Gasteiger charge is -2.19. The molecule has 2 unspecified atom stereocenters. The zero-order chi connectivity index (χ0) is 12.0. The SMILES string of the molecule is CCCC(C)C(C#N)Nc1cccc(F)c1. The molecule has 2 atom stereocenters. The first kappa shape index (κ1) is 12.5. The highest BCUT2D eigenvalue weighted by atomic mass is 19.1. The third-order valence-corrected chi connectivity index (χ3v) is 2.60. The normalized spacial score (nSPS) is 13.9. The fourth-order valence-electron chi connectivity index (χ4n) is 1.68. The van der Waals surface area contributed by atoms with Gasteiger partial charge in [-0.2, -0.15) is 5.26 Å². The number of rotatable bonds is 5. The van der Waals surface area contributed by atoms with E-state index in [1.54, 1.807) is 12.1 Å². The molecule has 0 amide bonds. The van der Waals surface area contributed by atoms with Gasteiger partial charge in [0.1, 0.15) is 11.9 Å². The summed E-state index contributed by atoms with van der Waals surface area (Å²) in [7, 11) is 0. The highest BCUT2D eigenvalue weighted by molar-refractivity contribution is 5.45. The zero-order valence-electron chi connectivity index (χ0n) is 9.70. The largest absolute Gasteiger partial charge is 0.370 e. The molecular weight excluding hydrogens is 203 g/mol. The summed E-state index contributed by atoms with van der Waals surface area (Å²) in [5, 5.41) is 12.1. The molecule has 3 heteroatoms. The molecule has 0 heterocycles. The quantitative estimate of drug-likeness (QED) is 0.823. The molecule has 0 saturated carbocycles. The van der Waals surface area contributed by atoms with Gasteiger partial charge in [-0.05, 0) is 30.5 Å². The predicted octanol–water partition coefficient (Wildman–Crippen LogP) is 3.57. The lowest BCUT2D eigenvalue weighted by atomic mass is 9.98. The number of halogens is 1. The van der Waals surface area contributed by atoms with Crippen molar-refractivity contribution in [2.24, 2.45) is 5.92 Å². The highest BCUT2D eigenvalue weighted by Gasteiger charge is 2.15. The topological polar surface area (TPSA) is 35.8 Å². The molecule has 1 aromatic carbocycles. The van der Waals surface area contributed by atoms with Crippen LogP contribution in [0.2, 0.25) is 0 Å². The summed E-state index contributed by atoms with van der Waals surface area (Å²) in [6.07, 6.45) is 2.03. The number of nitrogens with zero attached hydrogens (tertiary/aromatic N) is 1. The van der Waals surface area contributed by atoms with Crippen LogP contribution >= 0.6 is 0 Å². The molecule has 0 bridgehead atoms. The van der Waals surface area contributed by atoms with Crippen molar-refractivity contribution in [3.8, 4) is 6.07 Å². The summed E-state index contributed by atoms with van der Waals surface area (Å²) in [6, 6.07) is 8.16. The number of benzene rings is 1. The van der Waals surface area contributed by atoms with Crippen molar-refractivity contribution in [1.82, 2.24) is 0 Å². The molecule has 0 fully saturated rings. The molecule has 0 aliphatic heterocycles. The smallest absolute Gasteiger partial charge is 0.125 e. The van der Waals surface area contributed by atoms with Gasteiger partial charge in [-0.3, -0.25) is 0 Å². The van der Waals surface area contributed by atoms with Crippen molar-refractivity contribution in [3.05, 3.63) is 30.1 Å². The number of nitrogens with one attached hydrogen (secondary N) is 1. The first-order valence-electron chi connectivity index (χ1n) is 5.59. The minimum atomic E-state index is -0.287. The first-order valence-corrected chi connectivity index (χ1v) is 5.59. The molecule has 0 spiro atoms. The van der Waals surface area contributed by atoms with E-state index < -0.39 is 0 Å². The van der Waals surface area contributed by atoms with E-state index in [0.717, 1.165) is 12.8 Å². The summed E-state index contributed by atoms with van der Waals surface area (Å²) in [5.41, 5.74) is 0.662. The first-order chi connectivity index (χ1) is 7.67. The van der Waals surface area contributed by atoms with Crippen molar-refractivity contribution in [1.29, 1.82) is 5.26 Å². The van der Waals surface area contributed by atoms with E-state index in [2.05, 4.69) is 18.3 Å². The van der Waals surface area contributed by atoms with Crippen LogP contribution in [0.3, 0.4) is 0 Å². The van der Waals surface area contributed by atoms with E-state index in [4.69, 9.17) is 5.26 Å². The van der Waals surface area contributed by atoms with Crippen LogP contribution in [0.15, 0.2) is 24.3 Å². The lowest BCUT2D eigenvalue weighted by molar-refractivity contribution is 0.500. The number of hydrogen-bond acceptors (Lipinski definition) is 2. The van der Waals surface area contributed by atoms with Gasteiger partial charge in [0.2, 0.25) is 0 Å². The van der Waals surface area contributed by atoms with Gasteiger partial charge < -0.3 is 5.32 Å². The Labute approximate surface area is 96.1 Å². The van der Waals surface area contributed by atoms with Gasteiger partial charge in [0.25, 0.3) is 0 Å². The Kier molecular flexibility index (Phi) is 4.78. The molecule has 0 saturated heterocycles. The molecule has 0 aromatic heterocycles. The molecule has 1 rings (SSSR count). The summed E-state index contributed by atoms with van der Waals surface area (Å²) >= 11 is 0. The maximum atomic E-state index is 12.9. The van der Waals surface area contributed by atoms with E-state index in [9.17, 15) is 4.39 Å². The molecule has 0 aliphatic carbocycles. The van der Waals surface area contributed by atoms with Crippen LogP contribution in [0.5, 0.6) is 0 Å². The Bertz CT molecular complexity index is 370. The van der Waals surface area contributed by atoms with Crippen molar-refractivity contribution in [2.75, 3.05) is 5.32 Å². The second kappa shape index (κ2) is 6.12. The summed E-state index contributed by atoms with van der Waals surface area (Å²) in [6.45, 7) is 4.12. The third-order valence-electron chi connectivity index (χ3n) is 2.60. The van der Waals surface area contributed by atoms with Gasteiger partial charge in [0.15, 0.2) is 0 Å². The average molecular weight is 220 g/mol. The van der Waals surface area contributed by atoms with Gasteiger partial charge in [-0.25, -0.2) is 4.39 Å². The molecule has 1 N–H and O–H groups in total. The number of nitriles is 1. The lowest BCUT2D eigenvalue weighted by Crippen LogP contribution is -2.25. The van der Waals surface area contributed by atoms with Gasteiger partial charge in [0, 0.05) is 5.69 Å². The second-order valence-corrected chi connectivity index (χ2v) is 4.03. The van der Waals surface area contributed by atoms with Gasteiger partial charge in [0.05, 0.1) is 6.07 Å². The Morgan fingerprint density at radius 3 is 2.81 bits per heavy atom. The van der Waals surface area contributed by atoms with Crippen LogP contribution in [0, 0.1) is 23.1 Å². The van der Waals surface area contributed by atoms with Gasteiger partial charge in [-0.1, -0.05) is 26.3 Å². The maximum absolute atomic E-state index is 12.9. The van der Waals surface area contributed by atoms with E-state index in [1.165, 1.54) is 12.1 Å². The van der Waals surface area contributed by atoms with Crippen molar-refractivity contribution in [3.63, 3.8) is 0 Å². The highest BCUT2D eigenvalue weighted by Crippen LogP contribution is 2.16. The Hall–Kier alpha value is -1.56. The fourth-order valence-corrected chi connectivity index (χ4v) is 1.68. The summed E-state index contributed by atoms with van der Waals surface area (Å²) < 4.78 is 12.9. The Morgan fingerprint density at radius 2 is 2.25 bits per heavy atom. The zero-order valence-corrected chi connectivity index (χ0v) is 9.70. The summed E-state index contributed by atoms with van der Waals surface area (Å²) in [5.74, 6) is -0.0249. The molecule has 0 aliphatic rings. The van der Waals surface area contributed by atoms with Crippen LogP contribution in [0.4, 0.5) is 10.1 Å². The summed E-state index contributed by atoms with van der Waals surface area (Å²) in [4.78, 5) is 0. The minimum Gasteiger partial charge on any atom is -0.370 e. The number of hydrogen-bond donors (Lipinski definition) is 1. The van der Waals surface area contributed by atoms with Crippen LogP contribution in [-0.2, 0) is 0 Å². The van der Waals surface area contributed by atoms with Gasteiger partial charge >= 0.3 is 0 Å². The molecular formula is C13H17FN2. The fraction of sp³-hybridized carbons (Fsp3) is 0.462. The standard InChI is InChI=1S/C13H17FN2/c1-3-5-10(2)13(9-15)16-12-7-4-6-11(14)8-12/h4,6-8,10,13,16H,3,5H2,1-2H3. The van der Waals surface area contributed by atoms with E-state index in [0.29, 0.717) is 5.69 Å². The van der Waals surface area contributed by atoms with Crippen LogP contribution < -0.4 is 5.32 Å². The van der Waals surface area contributed by atoms with Crippen molar-refractivity contribution >= 4 is 5.69 Å². The van der Waals surface area contributed by atoms with E-state index in [-0.39, 0.29) is 17.8 Å². The third kappa shape index (κ3) is 3.54. The minimum absolute atomic E-state index is 0.262. The second-order valence-electron chi connectivity index (χ2n) is 4.03. The molecule has 86 valence electrons. The monoisotopic (exact) mass is 220 g/mol. The van der Waals surface area contributed by atoms with E-state index in [1.807, 2.05) is 6.92 Å². The Morgan fingerprint density at radius 1 is 1.50 bits per heavy atom. The average Bonchev–Trinajstić information content (AvgIpc) is 2.26. The van der Waals surface area contributed by atoms with Gasteiger partial charge in [-0.15, -0.1) is 0 Å².